The first kappa shape index (κ1) is 13.2. The fourth-order valence-electron chi connectivity index (χ4n) is 1.31. The molecule has 0 bridgehead atoms. The van der Waals surface area contributed by atoms with Crippen molar-refractivity contribution in [3.05, 3.63) is 40.2 Å². The third kappa shape index (κ3) is 3.55. The number of rotatable bonds is 6. The molecule has 0 aromatic carbocycles. The van der Waals surface area contributed by atoms with Crippen LogP contribution in [0.2, 0.25) is 0 Å². The summed E-state index contributed by atoms with van der Waals surface area (Å²) in [6, 6.07) is 1.62. The molecule has 1 rings (SSSR count). The van der Waals surface area contributed by atoms with Gasteiger partial charge in [-0.1, -0.05) is 19.9 Å². The molecule has 0 aliphatic carbocycles. The topological polar surface area (TPSA) is 65.3 Å². The van der Waals surface area contributed by atoms with Crippen molar-refractivity contribution in [3.63, 3.8) is 0 Å². The van der Waals surface area contributed by atoms with Crippen molar-refractivity contribution in [1.82, 2.24) is 4.98 Å². The van der Waals surface area contributed by atoms with Crippen molar-refractivity contribution in [2.45, 2.75) is 26.7 Å². The van der Waals surface area contributed by atoms with Gasteiger partial charge in [-0.3, -0.25) is 10.1 Å². The van der Waals surface area contributed by atoms with E-state index in [4.69, 9.17) is 4.74 Å². The zero-order chi connectivity index (χ0) is 12.8. The Balaban J connectivity index is 2.76. The molecule has 17 heavy (non-hydrogen) atoms. The molecule has 0 aliphatic heterocycles. The zero-order valence-electron chi connectivity index (χ0n) is 10.1. The zero-order valence-corrected chi connectivity index (χ0v) is 10.1. The van der Waals surface area contributed by atoms with E-state index in [1.807, 2.05) is 0 Å². The van der Waals surface area contributed by atoms with E-state index in [0.29, 0.717) is 23.6 Å². The summed E-state index contributed by atoms with van der Waals surface area (Å²) in [6.45, 7) is 8.09. The van der Waals surface area contributed by atoms with Gasteiger partial charge in [-0.15, -0.1) is 0 Å². The highest BCUT2D eigenvalue weighted by Crippen LogP contribution is 2.20. The van der Waals surface area contributed by atoms with Crippen LogP contribution in [-0.2, 0) is 4.74 Å². The SMILES string of the molecule is C=C(OCCCC)c1cc(C)c([N+](=O)[O-])cn1. The number of nitro groups is 1. The highest BCUT2D eigenvalue weighted by atomic mass is 16.6. The van der Waals surface area contributed by atoms with Crippen molar-refractivity contribution in [3.8, 4) is 0 Å². The molecule has 1 aromatic rings. The minimum absolute atomic E-state index is 0.00936. The molecule has 1 heterocycles. The molecule has 0 N–H and O–H groups in total. The number of hydrogen-bond donors (Lipinski definition) is 0. The van der Waals surface area contributed by atoms with E-state index < -0.39 is 4.92 Å². The Kier molecular flexibility index (Phi) is 4.63. The molecule has 1 aromatic heterocycles. The maximum Gasteiger partial charge on any atom is 0.290 e. The third-order valence-corrected chi connectivity index (χ3v) is 2.34. The van der Waals surface area contributed by atoms with Crippen LogP contribution in [0, 0.1) is 17.0 Å². The second-order valence-corrected chi connectivity index (χ2v) is 3.74. The van der Waals surface area contributed by atoms with Crippen molar-refractivity contribution >= 4 is 11.4 Å². The first-order chi connectivity index (χ1) is 8.06. The number of aromatic nitrogens is 1. The van der Waals surface area contributed by atoms with Crippen molar-refractivity contribution in [1.29, 1.82) is 0 Å². The Morgan fingerprint density at radius 3 is 2.88 bits per heavy atom. The Labute approximate surface area is 100 Å². The summed E-state index contributed by atoms with van der Waals surface area (Å²) in [4.78, 5) is 14.1. The summed E-state index contributed by atoms with van der Waals surface area (Å²) in [5.41, 5.74) is 1.11. The smallest absolute Gasteiger partial charge is 0.290 e. The monoisotopic (exact) mass is 236 g/mol. The molecule has 0 saturated heterocycles. The normalized spacial score (nSPS) is 10.0. The van der Waals surface area contributed by atoms with E-state index in [9.17, 15) is 10.1 Å². The summed E-state index contributed by atoms with van der Waals surface area (Å²) >= 11 is 0. The van der Waals surface area contributed by atoms with E-state index in [2.05, 4.69) is 18.5 Å². The third-order valence-electron chi connectivity index (χ3n) is 2.34. The van der Waals surface area contributed by atoms with Crippen LogP contribution in [0.3, 0.4) is 0 Å². The lowest BCUT2D eigenvalue weighted by molar-refractivity contribution is -0.385. The molecule has 0 fully saturated rings. The molecule has 5 heteroatoms. The molecular formula is C12H16N2O3. The van der Waals surface area contributed by atoms with Crippen molar-refractivity contribution < 1.29 is 9.66 Å². The van der Waals surface area contributed by atoms with Gasteiger partial charge >= 0.3 is 0 Å². The van der Waals surface area contributed by atoms with Crippen LogP contribution in [0.5, 0.6) is 0 Å². The van der Waals surface area contributed by atoms with Gasteiger partial charge in [-0.2, -0.15) is 0 Å². The van der Waals surface area contributed by atoms with Gasteiger partial charge < -0.3 is 4.74 Å². The van der Waals surface area contributed by atoms with Crippen LogP contribution in [0.15, 0.2) is 18.8 Å². The Morgan fingerprint density at radius 2 is 2.35 bits per heavy atom. The van der Waals surface area contributed by atoms with E-state index in [1.165, 1.54) is 6.20 Å². The highest BCUT2D eigenvalue weighted by molar-refractivity contribution is 5.56. The number of aryl methyl sites for hydroxylation is 1. The molecular weight excluding hydrogens is 220 g/mol. The molecule has 0 unspecified atom stereocenters. The average Bonchev–Trinajstić information content (AvgIpc) is 2.28. The van der Waals surface area contributed by atoms with Crippen molar-refractivity contribution in [2.75, 3.05) is 6.61 Å². The minimum atomic E-state index is -0.452. The quantitative estimate of drug-likeness (QED) is 0.329. The van der Waals surface area contributed by atoms with E-state index in [-0.39, 0.29) is 5.69 Å². The molecule has 92 valence electrons. The lowest BCUT2D eigenvalue weighted by Gasteiger charge is -2.08. The van der Waals surface area contributed by atoms with Crippen molar-refractivity contribution in [2.24, 2.45) is 0 Å². The summed E-state index contributed by atoms with van der Waals surface area (Å²) in [5, 5.41) is 10.6. The van der Waals surface area contributed by atoms with Gasteiger partial charge in [0.1, 0.15) is 17.6 Å². The molecule has 0 atom stereocenters. The van der Waals surface area contributed by atoms with Gasteiger partial charge in [0.25, 0.3) is 5.69 Å². The molecule has 5 nitrogen and oxygen atoms in total. The van der Waals surface area contributed by atoms with Crippen LogP contribution in [0.25, 0.3) is 5.76 Å². The largest absolute Gasteiger partial charge is 0.492 e. The van der Waals surface area contributed by atoms with Gasteiger partial charge in [0, 0.05) is 5.56 Å². The first-order valence-electron chi connectivity index (χ1n) is 5.49. The average molecular weight is 236 g/mol. The molecule has 0 saturated carbocycles. The Bertz CT molecular complexity index is 430. The number of ether oxygens (including phenoxy) is 1. The summed E-state index contributed by atoms with van der Waals surface area (Å²) < 4.78 is 5.40. The lowest BCUT2D eigenvalue weighted by Crippen LogP contribution is -1.99. The molecule has 0 amide bonds. The van der Waals surface area contributed by atoms with E-state index in [0.717, 1.165) is 12.8 Å². The van der Waals surface area contributed by atoms with Gasteiger partial charge in [0.15, 0.2) is 0 Å². The van der Waals surface area contributed by atoms with Gasteiger partial charge in [-0.25, -0.2) is 4.98 Å². The number of unbranched alkanes of at least 4 members (excludes halogenated alkanes) is 1. The molecule has 0 radical (unpaired) electrons. The van der Waals surface area contributed by atoms with Crippen LogP contribution in [-0.4, -0.2) is 16.5 Å². The summed E-state index contributed by atoms with van der Waals surface area (Å²) in [6.07, 6.45) is 3.23. The van der Waals surface area contributed by atoms with E-state index in [1.54, 1.807) is 13.0 Å². The predicted octanol–water partition coefficient (Wildman–Crippen LogP) is 3.09. The minimum Gasteiger partial charge on any atom is -0.492 e. The number of pyridine rings is 1. The number of hydrogen-bond acceptors (Lipinski definition) is 4. The van der Waals surface area contributed by atoms with Crippen LogP contribution < -0.4 is 0 Å². The predicted molar refractivity (Wildman–Crippen MR) is 65.5 cm³/mol. The lowest BCUT2D eigenvalue weighted by atomic mass is 10.2. The number of nitrogens with zero attached hydrogens (tertiary/aromatic N) is 2. The second-order valence-electron chi connectivity index (χ2n) is 3.74. The second kappa shape index (κ2) is 5.98. The Morgan fingerprint density at radius 1 is 1.65 bits per heavy atom. The fourth-order valence-corrected chi connectivity index (χ4v) is 1.31. The maximum absolute atomic E-state index is 10.6. The van der Waals surface area contributed by atoms with Crippen LogP contribution in [0.4, 0.5) is 5.69 Å². The Hall–Kier alpha value is -1.91. The van der Waals surface area contributed by atoms with Gasteiger partial charge in [0.2, 0.25) is 0 Å². The van der Waals surface area contributed by atoms with E-state index >= 15 is 0 Å². The maximum atomic E-state index is 10.6. The van der Waals surface area contributed by atoms with Crippen LogP contribution >= 0.6 is 0 Å². The van der Waals surface area contributed by atoms with Gasteiger partial charge in [-0.05, 0) is 19.4 Å². The first-order valence-corrected chi connectivity index (χ1v) is 5.49. The molecule has 0 spiro atoms. The summed E-state index contributed by atoms with van der Waals surface area (Å²) in [5.74, 6) is 0.455. The standard InChI is InChI=1S/C12H16N2O3/c1-4-5-6-17-10(3)11-7-9(2)12(8-13-11)14(15)16/h7-8H,3-6H2,1-2H3. The fraction of sp³-hybridized carbons (Fsp3) is 0.417. The van der Waals surface area contributed by atoms with Crippen LogP contribution in [0.1, 0.15) is 31.0 Å². The van der Waals surface area contributed by atoms with Gasteiger partial charge in [0.05, 0.1) is 11.5 Å². The molecule has 0 aliphatic rings. The highest BCUT2D eigenvalue weighted by Gasteiger charge is 2.12. The summed E-state index contributed by atoms with van der Waals surface area (Å²) in [7, 11) is 0.